The lowest BCUT2D eigenvalue weighted by Gasteiger charge is -2.36. The van der Waals surface area contributed by atoms with Crippen LogP contribution in [0.1, 0.15) is 22.8 Å². The molecule has 41 heavy (non-hydrogen) atoms. The van der Waals surface area contributed by atoms with E-state index in [9.17, 15) is 22.8 Å². The molecule has 216 valence electrons. The molecule has 1 fully saturated rings. The average Bonchev–Trinajstić information content (AvgIpc) is 2.97. The summed E-state index contributed by atoms with van der Waals surface area (Å²) in [7, 11) is 0. The molecule has 0 aromatic heterocycles. The summed E-state index contributed by atoms with van der Waals surface area (Å²) in [6, 6.07) is 12.3. The van der Waals surface area contributed by atoms with Crippen molar-refractivity contribution in [1.82, 2.24) is 10.2 Å². The highest BCUT2D eigenvalue weighted by molar-refractivity contribution is 5.98. The van der Waals surface area contributed by atoms with Crippen LogP contribution in [-0.2, 0) is 11.2 Å². The summed E-state index contributed by atoms with van der Waals surface area (Å²) in [5.41, 5.74) is 2.85. The third kappa shape index (κ3) is 7.00. The molecule has 1 atom stereocenters. The molecule has 1 aliphatic carbocycles. The van der Waals surface area contributed by atoms with Gasteiger partial charge in [0.2, 0.25) is 0 Å². The van der Waals surface area contributed by atoms with E-state index in [2.05, 4.69) is 10.2 Å². The number of allylic oxidation sites excluding steroid dienone is 4. The maximum absolute atomic E-state index is 13.1. The van der Waals surface area contributed by atoms with E-state index in [1.165, 1.54) is 0 Å². The van der Waals surface area contributed by atoms with Crippen LogP contribution in [-0.4, -0.2) is 68.6 Å². The van der Waals surface area contributed by atoms with Crippen molar-refractivity contribution in [3.05, 3.63) is 89.2 Å². The van der Waals surface area contributed by atoms with Crippen molar-refractivity contribution >= 4 is 17.4 Å². The van der Waals surface area contributed by atoms with E-state index < -0.39 is 12.8 Å². The van der Waals surface area contributed by atoms with E-state index in [0.29, 0.717) is 68.4 Å². The molecule has 3 aliphatic rings. The van der Waals surface area contributed by atoms with Gasteiger partial charge in [0.1, 0.15) is 17.3 Å². The first kappa shape index (κ1) is 28.5. The van der Waals surface area contributed by atoms with Crippen LogP contribution in [0.5, 0.6) is 11.5 Å². The Bertz CT molecular complexity index is 1390. The van der Waals surface area contributed by atoms with Gasteiger partial charge in [-0.05, 0) is 48.4 Å². The van der Waals surface area contributed by atoms with Gasteiger partial charge in [-0.3, -0.25) is 14.5 Å². The molecule has 1 saturated heterocycles. The molecule has 1 amide bonds. The Morgan fingerprint density at radius 2 is 1.85 bits per heavy atom. The molecular weight excluding hydrogens is 535 g/mol. The third-order valence-electron chi connectivity index (χ3n) is 7.33. The smallest absolute Gasteiger partial charge is 0.422 e. The van der Waals surface area contributed by atoms with Crippen LogP contribution in [0.4, 0.5) is 18.9 Å². The van der Waals surface area contributed by atoms with Crippen molar-refractivity contribution in [3.8, 4) is 11.5 Å². The molecule has 0 radical (unpaired) electrons. The number of anilines is 1. The number of para-hydroxylation sites is 3. The van der Waals surface area contributed by atoms with E-state index >= 15 is 0 Å². The minimum Gasteiger partial charge on any atom is -0.482 e. The molecule has 2 aromatic rings. The Morgan fingerprint density at radius 3 is 2.61 bits per heavy atom. The van der Waals surface area contributed by atoms with Crippen LogP contribution in [0.15, 0.2) is 78.1 Å². The predicted molar refractivity (Wildman–Crippen MR) is 149 cm³/mol. The number of alkyl halides is 3. The number of halogens is 3. The van der Waals surface area contributed by atoms with Gasteiger partial charge in [0.25, 0.3) is 5.91 Å². The number of amides is 1. The zero-order valence-electron chi connectivity index (χ0n) is 22.7. The van der Waals surface area contributed by atoms with Gasteiger partial charge in [0.05, 0.1) is 11.3 Å². The predicted octanol–water partition coefficient (Wildman–Crippen LogP) is 4.70. The number of ether oxygens (including phenoxy) is 2. The monoisotopic (exact) mass is 567 g/mol. The fourth-order valence-corrected chi connectivity index (χ4v) is 5.11. The quantitative estimate of drug-likeness (QED) is 0.499. The van der Waals surface area contributed by atoms with Gasteiger partial charge in [-0.2, -0.15) is 13.2 Å². The van der Waals surface area contributed by atoms with E-state index in [-0.39, 0.29) is 23.4 Å². The molecule has 7 nitrogen and oxygen atoms in total. The number of ketones is 1. The van der Waals surface area contributed by atoms with E-state index in [1.54, 1.807) is 42.5 Å². The third-order valence-corrected chi connectivity index (χ3v) is 7.33. The Morgan fingerprint density at radius 1 is 1.07 bits per heavy atom. The van der Waals surface area contributed by atoms with Gasteiger partial charge < -0.3 is 19.7 Å². The Balaban J connectivity index is 1.13. The summed E-state index contributed by atoms with van der Waals surface area (Å²) >= 11 is 0. The van der Waals surface area contributed by atoms with Crippen molar-refractivity contribution in [2.45, 2.75) is 19.5 Å². The number of piperazine rings is 1. The zero-order valence-corrected chi connectivity index (χ0v) is 22.7. The molecule has 2 heterocycles. The molecule has 1 unspecified atom stereocenters. The molecule has 2 aromatic carbocycles. The summed E-state index contributed by atoms with van der Waals surface area (Å²) < 4.78 is 49.2. The second-order valence-corrected chi connectivity index (χ2v) is 10.3. The van der Waals surface area contributed by atoms with Crippen molar-refractivity contribution in [2.24, 2.45) is 5.92 Å². The van der Waals surface area contributed by atoms with Gasteiger partial charge in [-0.15, -0.1) is 0 Å². The summed E-state index contributed by atoms with van der Waals surface area (Å²) in [6.07, 6.45) is 3.35. The van der Waals surface area contributed by atoms with Gasteiger partial charge in [-0.25, -0.2) is 0 Å². The molecule has 10 heteroatoms. The topological polar surface area (TPSA) is 71.1 Å². The molecule has 0 saturated carbocycles. The van der Waals surface area contributed by atoms with E-state index in [4.69, 9.17) is 9.47 Å². The number of carbonyl (C=O) groups excluding carboxylic acids is 2. The van der Waals surface area contributed by atoms with Gasteiger partial charge in [0, 0.05) is 50.8 Å². The number of nitrogens with zero attached hydrogens (tertiary/aromatic N) is 2. The van der Waals surface area contributed by atoms with Gasteiger partial charge in [-0.1, -0.05) is 37.3 Å². The van der Waals surface area contributed by atoms with Crippen LogP contribution in [0, 0.1) is 5.92 Å². The highest BCUT2D eigenvalue weighted by atomic mass is 19.4. The lowest BCUT2D eigenvalue weighted by Crippen LogP contribution is -2.48. The first-order valence-electron chi connectivity index (χ1n) is 13.7. The van der Waals surface area contributed by atoms with Crippen LogP contribution >= 0.6 is 0 Å². The molecule has 2 aliphatic heterocycles. The van der Waals surface area contributed by atoms with Gasteiger partial charge in [0.15, 0.2) is 12.4 Å². The highest BCUT2D eigenvalue weighted by Crippen LogP contribution is 2.34. The summed E-state index contributed by atoms with van der Waals surface area (Å²) in [4.78, 5) is 29.2. The van der Waals surface area contributed by atoms with Crippen molar-refractivity contribution in [1.29, 1.82) is 0 Å². The number of carbonyl (C=O) groups is 2. The Labute approximate surface area is 236 Å². The molecule has 0 spiro atoms. The van der Waals surface area contributed by atoms with E-state index in [0.717, 1.165) is 11.1 Å². The van der Waals surface area contributed by atoms with Crippen molar-refractivity contribution in [3.63, 3.8) is 0 Å². The lowest BCUT2D eigenvalue weighted by atomic mass is 9.94. The minimum absolute atomic E-state index is 0.0480. The number of rotatable bonds is 8. The summed E-state index contributed by atoms with van der Waals surface area (Å²) in [5, 5.41) is 2.99. The van der Waals surface area contributed by atoms with Crippen molar-refractivity contribution < 1.29 is 32.2 Å². The Hall–Kier alpha value is -4.05. The molecular formula is C31H32F3N3O4. The van der Waals surface area contributed by atoms with Crippen LogP contribution in [0.3, 0.4) is 0 Å². The molecule has 1 N–H and O–H groups in total. The molecule has 5 rings (SSSR count). The van der Waals surface area contributed by atoms with Crippen molar-refractivity contribution in [2.75, 3.05) is 50.8 Å². The number of hydrogen-bond acceptors (Lipinski definition) is 6. The van der Waals surface area contributed by atoms with Gasteiger partial charge >= 0.3 is 6.18 Å². The van der Waals surface area contributed by atoms with Crippen LogP contribution < -0.4 is 19.7 Å². The maximum atomic E-state index is 13.1. The second kappa shape index (κ2) is 12.2. The largest absolute Gasteiger partial charge is 0.482 e. The molecule has 0 bridgehead atoms. The summed E-state index contributed by atoms with van der Waals surface area (Å²) in [5.74, 6) is 0.980. The van der Waals surface area contributed by atoms with E-state index in [1.807, 2.05) is 36.1 Å². The Kier molecular flexibility index (Phi) is 8.49. The standard InChI is InChI=1S/C31H32F3N3O4/c1-21-19-23(9-11-26(21)38)27-12-10-22-5-4-6-24(29(22)41-27)30(39)35-13-14-36-15-17-37(18-16-36)25-7-2-3-8-28(25)40-20-31(32,33)34/h2-9,11-12,19,21H,10,13-18,20H2,1H3,(H,35,39). The lowest BCUT2D eigenvalue weighted by molar-refractivity contribution is -0.153. The minimum atomic E-state index is -4.40. The van der Waals surface area contributed by atoms with Crippen LogP contribution in [0.25, 0.3) is 0 Å². The average molecular weight is 568 g/mol. The first-order chi connectivity index (χ1) is 19.7. The number of benzene rings is 2. The normalized spacial score (nSPS) is 19.2. The first-order valence-corrected chi connectivity index (χ1v) is 13.7. The zero-order chi connectivity index (χ0) is 29.0. The number of fused-ring (bicyclic) bond motifs is 1. The number of nitrogens with one attached hydrogen (secondary N) is 1. The fraction of sp³-hybridized carbons (Fsp3) is 0.355. The second-order valence-electron chi connectivity index (χ2n) is 10.3. The maximum Gasteiger partial charge on any atom is 0.422 e. The SMILES string of the molecule is CC1C=C(C2=CCc3cccc(C(=O)NCCN4CCN(c5ccccc5OCC(F)(F)F)CC4)c3O2)C=CC1=O. The van der Waals surface area contributed by atoms with Crippen LogP contribution in [0.2, 0.25) is 0 Å². The summed E-state index contributed by atoms with van der Waals surface area (Å²) in [6.45, 7) is 4.24. The highest BCUT2D eigenvalue weighted by Gasteiger charge is 2.29. The number of hydrogen-bond donors (Lipinski definition) is 1. The fourth-order valence-electron chi connectivity index (χ4n) is 5.11.